The van der Waals surface area contributed by atoms with Gasteiger partial charge < -0.3 is 15.3 Å². The Labute approximate surface area is 123 Å². The van der Waals surface area contributed by atoms with E-state index < -0.39 is 0 Å². The Bertz CT molecular complexity index is 521. The van der Waals surface area contributed by atoms with Gasteiger partial charge in [-0.05, 0) is 24.8 Å². The molecule has 4 nitrogen and oxygen atoms in total. The summed E-state index contributed by atoms with van der Waals surface area (Å²) >= 11 is 6.32. The summed E-state index contributed by atoms with van der Waals surface area (Å²) in [6.07, 6.45) is 2.49. The second kappa shape index (κ2) is 5.62. The number of piperidine rings is 2. The number of amides is 1. The van der Waals surface area contributed by atoms with E-state index >= 15 is 0 Å². The number of anilines is 1. The Morgan fingerprint density at radius 3 is 3.05 bits per heavy atom. The molecule has 0 radical (unpaired) electrons. The van der Waals surface area contributed by atoms with Gasteiger partial charge in [0.25, 0.3) is 0 Å². The van der Waals surface area contributed by atoms with Gasteiger partial charge in [-0.25, -0.2) is 0 Å². The molecule has 0 spiro atoms. The topological polar surface area (TPSA) is 52.6 Å². The molecule has 5 heteroatoms. The number of para-hydroxylation sites is 1. The first kappa shape index (κ1) is 13.7. The third kappa shape index (κ3) is 2.50. The minimum Gasteiger partial charge on any atom is -0.392 e. The van der Waals surface area contributed by atoms with Gasteiger partial charge in [0.1, 0.15) is 0 Å². The van der Waals surface area contributed by atoms with Gasteiger partial charge in [-0.2, -0.15) is 0 Å². The lowest BCUT2D eigenvalue weighted by molar-refractivity contribution is -0.124. The number of halogens is 1. The largest absolute Gasteiger partial charge is 0.392 e. The lowest BCUT2D eigenvalue weighted by Crippen LogP contribution is -2.54. The van der Waals surface area contributed by atoms with E-state index in [1.54, 1.807) is 0 Å². The first-order valence-corrected chi connectivity index (χ1v) is 7.49. The molecule has 2 aliphatic heterocycles. The van der Waals surface area contributed by atoms with E-state index in [9.17, 15) is 9.90 Å². The van der Waals surface area contributed by atoms with E-state index in [2.05, 4.69) is 10.2 Å². The van der Waals surface area contributed by atoms with Crippen molar-refractivity contribution in [3.63, 3.8) is 0 Å². The highest BCUT2D eigenvalue weighted by atomic mass is 35.5. The normalized spacial score (nSPS) is 26.1. The van der Waals surface area contributed by atoms with Crippen LogP contribution < -0.4 is 10.2 Å². The Kier molecular flexibility index (Phi) is 3.85. The minimum absolute atomic E-state index is 0.00275. The van der Waals surface area contributed by atoms with Crippen molar-refractivity contribution in [1.29, 1.82) is 0 Å². The van der Waals surface area contributed by atoms with Gasteiger partial charge in [-0.1, -0.05) is 23.7 Å². The molecule has 2 saturated heterocycles. The smallest absolute Gasteiger partial charge is 0.220 e. The van der Waals surface area contributed by atoms with Crippen molar-refractivity contribution in [2.75, 3.05) is 18.0 Å². The number of hydrogen-bond acceptors (Lipinski definition) is 3. The number of carbonyl (C=O) groups excluding carboxylic acids is 1. The number of aliphatic hydroxyl groups excluding tert-OH is 1. The van der Waals surface area contributed by atoms with Crippen LogP contribution in [0.1, 0.15) is 24.8 Å². The van der Waals surface area contributed by atoms with E-state index in [0.717, 1.165) is 37.2 Å². The van der Waals surface area contributed by atoms with Crippen LogP contribution in [0.2, 0.25) is 5.02 Å². The zero-order valence-corrected chi connectivity index (χ0v) is 12.1. The molecule has 2 heterocycles. The molecule has 1 aromatic rings. The summed E-state index contributed by atoms with van der Waals surface area (Å²) in [5.41, 5.74) is 1.82. The highest BCUT2D eigenvalue weighted by Crippen LogP contribution is 2.35. The van der Waals surface area contributed by atoms with Crippen LogP contribution in [0.5, 0.6) is 0 Å². The maximum absolute atomic E-state index is 11.4. The SMILES string of the molecule is O=C1CCC2CN(c3c(Cl)cccc3CO)CCC2N1. The number of fused-ring (bicyclic) bond motifs is 1. The maximum atomic E-state index is 11.4. The zero-order chi connectivity index (χ0) is 14.1. The number of nitrogens with one attached hydrogen (secondary N) is 1. The molecule has 2 fully saturated rings. The first-order chi connectivity index (χ1) is 9.69. The van der Waals surface area contributed by atoms with E-state index in [0.29, 0.717) is 23.4 Å². The van der Waals surface area contributed by atoms with Crippen LogP contribution >= 0.6 is 11.6 Å². The molecular formula is C15H19ClN2O2. The van der Waals surface area contributed by atoms with Gasteiger partial charge in [0, 0.05) is 31.1 Å². The molecule has 0 aliphatic carbocycles. The average molecular weight is 295 g/mol. The summed E-state index contributed by atoms with van der Waals surface area (Å²) < 4.78 is 0. The van der Waals surface area contributed by atoms with E-state index in [4.69, 9.17) is 11.6 Å². The summed E-state index contributed by atoms with van der Waals surface area (Å²) in [6.45, 7) is 1.75. The number of nitrogens with zero attached hydrogens (tertiary/aromatic N) is 1. The van der Waals surface area contributed by atoms with Gasteiger partial charge in [-0.3, -0.25) is 4.79 Å². The minimum atomic E-state index is -0.00275. The van der Waals surface area contributed by atoms with Gasteiger partial charge in [0.15, 0.2) is 0 Å². The second-order valence-corrected chi connectivity index (χ2v) is 6.02. The highest BCUT2D eigenvalue weighted by molar-refractivity contribution is 6.33. The number of aliphatic hydroxyl groups is 1. The summed E-state index contributed by atoms with van der Waals surface area (Å²) in [5, 5.41) is 13.3. The molecule has 2 unspecified atom stereocenters. The van der Waals surface area contributed by atoms with Crippen molar-refractivity contribution in [2.24, 2.45) is 5.92 Å². The van der Waals surface area contributed by atoms with Crippen LogP contribution in [-0.4, -0.2) is 30.1 Å². The Balaban J connectivity index is 1.81. The van der Waals surface area contributed by atoms with Gasteiger partial charge >= 0.3 is 0 Å². The average Bonchev–Trinajstić information content (AvgIpc) is 2.46. The van der Waals surface area contributed by atoms with Crippen LogP contribution in [0.25, 0.3) is 0 Å². The maximum Gasteiger partial charge on any atom is 0.220 e. The van der Waals surface area contributed by atoms with Crippen molar-refractivity contribution in [1.82, 2.24) is 5.32 Å². The van der Waals surface area contributed by atoms with E-state index in [1.807, 2.05) is 18.2 Å². The molecule has 2 N–H and O–H groups in total. The highest BCUT2D eigenvalue weighted by Gasteiger charge is 2.34. The summed E-state index contributed by atoms with van der Waals surface area (Å²) in [6, 6.07) is 5.94. The van der Waals surface area contributed by atoms with Crippen LogP contribution in [0.15, 0.2) is 18.2 Å². The van der Waals surface area contributed by atoms with Crippen molar-refractivity contribution in [3.8, 4) is 0 Å². The third-order valence-electron chi connectivity index (χ3n) is 4.38. The fourth-order valence-corrected chi connectivity index (χ4v) is 3.67. The van der Waals surface area contributed by atoms with E-state index in [1.165, 1.54) is 0 Å². The first-order valence-electron chi connectivity index (χ1n) is 7.11. The number of rotatable bonds is 2. The fraction of sp³-hybridized carbons (Fsp3) is 0.533. The van der Waals surface area contributed by atoms with Crippen molar-refractivity contribution in [3.05, 3.63) is 28.8 Å². The quantitative estimate of drug-likeness (QED) is 0.876. The zero-order valence-electron chi connectivity index (χ0n) is 11.3. The van der Waals surface area contributed by atoms with Crippen molar-refractivity contribution in [2.45, 2.75) is 31.9 Å². The Morgan fingerprint density at radius 1 is 1.40 bits per heavy atom. The molecule has 3 rings (SSSR count). The van der Waals surface area contributed by atoms with Gasteiger partial charge in [0.05, 0.1) is 17.3 Å². The molecule has 20 heavy (non-hydrogen) atoms. The fourth-order valence-electron chi connectivity index (χ4n) is 3.35. The van der Waals surface area contributed by atoms with Gasteiger partial charge in [0.2, 0.25) is 5.91 Å². The molecule has 2 atom stereocenters. The molecule has 0 saturated carbocycles. The number of carbonyl (C=O) groups is 1. The molecule has 0 aromatic heterocycles. The van der Waals surface area contributed by atoms with Crippen LogP contribution in [0, 0.1) is 5.92 Å². The molecule has 2 aliphatic rings. The molecule has 1 aromatic carbocycles. The van der Waals surface area contributed by atoms with Crippen molar-refractivity contribution < 1.29 is 9.90 Å². The Hall–Kier alpha value is -1.26. The molecule has 0 bridgehead atoms. The van der Waals surface area contributed by atoms with Gasteiger partial charge in [-0.15, -0.1) is 0 Å². The van der Waals surface area contributed by atoms with Crippen LogP contribution in [-0.2, 0) is 11.4 Å². The van der Waals surface area contributed by atoms with Crippen LogP contribution in [0.3, 0.4) is 0 Å². The lowest BCUT2D eigenvalue weighted by atomic mass is 9.85. The predicted octanol–water partition coefficient (Wildman–Crippen LogP) is 1.94. The van der Waals surface area contributed by atoms with Crippen LogP contribution in [0.4, 0.5) is 5.69 Å². The second-order valence-electron chi connectivity index (χ2n) is 5.61. The predicted molar refractivity (Wildman–Crippen MR) is 78.9 cm³/mol. The Morgan fingerprint density at radius 2 is 2.25 bits per heavy atom. The summed E-state index contributed by atoms with van der Waals surface area (Å²) in [7, 11) is 0. The number of hydrogen-bond donors (Lipinski definition) is 2. The number of benzene rings is 1. The molecule has 108 valence electrons. The lowest BCUT2D eigenvalue weighted by Gasteiger charge is -2.43. The van der Waals surface area contributed by atoms with E-state index in [-0.39, 0.29) is 12.5 Å². The monoisotopic (exact) mass is 294 g/mol. The summed E-state index contributed by atoms with van der Waals surface area (Å²) in [4.78, 5) is 13.7. The third-order valence-corrected chi connectivity index (χ3v) is 4.68. The standard InChI is InChI=1S/C15H19ClN2O2/c16-12-3-1-2-11(9-19)15(12)18-7-6-13-10(8-18)4-5-14(20)17-13/h1-3,10,13,19H,4-9H2,(H,17,20). The molecular weight excluding hydrogens is 276 g/mol. The summed E-state index contributed by atoms with van der Waals surface area (Å²) in [5.74, 6) is 0.651. The molecule has 1 amide bonds. The van der Waals surface area contributed by atoms with Crippen molar-refractivity contribution >= 4 is 23.2 Å².